The van der Waals surface area contributed by atoms with Crippen molar-refractivity contribution in [2.75, 3.05) is 0 Å². The van der Waals surface area contributed by atoms with Gasteiger partial charge in [0.2, 0.25) is 0 Å². The minimum absolute atomic E-state index is 0.892. The second kappa shape index (κ2) is 3.70. The van der Waals surface area contributed by atoms with Gasteiger partial charge in [0.05, 0.1) is 16.7 Å². The van der Waals surface area contributed by atoms with Gasteiger partial charge < -0.3 is 0 Å². The van der Waals surface area contributed by atoms with Crippen LogP contribution in [0.25, 0.3) is 22.3 Å². The number of pyridine rings is 3. The second-order valence-electron chi connectivity index (χ2n) is 3.44. The molecule has 0 aromatic carbocycles. The van der Waals surface area contributed by atoms with Crippen molar-refractivity contribution in [1.29, 1.82) is 0 Å². The maximum atomic E-state index is 4.36. The zero-order valence-corrected chi connectivity index (χ0v) is 8.54. The Bertz CT molecular complexity index is 615. The zero-order chi connectivity index (χ0) is 10.8. The van der Waals surface area contributed by atoms with Crippen LogP contribution in [0.2, 0.25) is 0 Å². The Hall–Kier alpha value is -2.29. The maximum Gasteiger partial charge on any atom is 0.0980 e. The summed E-state index contributed by atoms with van der Waals surface area (Å²) in [6, 6.07) is 11.6. The summed E-state index contributed by atoms with van der Waals surface area (Å²) >= 11 is 0. The van der Waals surface area contributed by atoms with E-state index in [-0.39, 0.29) is 0 Å². The molecule has 3 nitrogen and oxygen atoms in total. The highest BCUT2D eigenvalue weighted by Crippen LogP contribution is 2.23. The lowest BCUT2D eigenvalue weighted by molar-refractivity contribution is 1.29. The first-order valence-corrected chi connectivity index (χ1v) is 5.06. The summed E-state index contributed by atoms with van der Waals surface area (Å²) in [5.41, 5.74) is 3.73. The molecule has 0 saturated heterocycles. The first kappa shape index (κ1) is 8.97. The molecule has 76 valence electrons. The molecule has 0 aliphatic heterocycles. The van der Waals surface area contributed by atoms with E-state index in [0.29, 0.717) is 0 Å². The molecular weight excluding hydrogens is 198 g/mol. The Balaban J connectivity index is 2.32. The zero-order valence-electron chi connectivity index (χ0n) is 8.54. The average Bonchev–Trinajstić information content (AvgIpc) is 2.39. The van der Waals surface area contributed by atoms with Crippen molar-refractivity contribution < 1.29 is 0 Å². The van der Waals surface area contributed by atoms with Crippen molar-refractivity contribution in [1.82, 2.24) is 15.0 Å². The van der Waals surface area contributed by atoms with Gasteiger partial charge in [-0.15, -0.1) is 0 Å². The van der Waals surface area contributed by atoms with E-state index in [1.165, 1.54) is 0 Å². The van der Waals surface area contributed by atoms with E-state index in [4.69, 9.17) is 0 Å². The minimum atomic E-state index is 0.892. The molecule has 0 unspecified atom stereocenters. The Morgan fingerprint density at radius 2 is 1.62 bits per heavy atom. The average molecular weight is 207 g/mol. The molecule has 0 atom stereocenters. The van der Waals surface area contributed by atoms with Crippen molar-refractivity contribution in [3.63, 3.8) is 0 Å². The summed E-state index contributed by atoms with van der Waals surface area (Å²) in [6.45, 7) is 0. The van der Waals surface area contributed by atoms with Crippen molar-refractivity contribution >= 4 is 11.0 Å². The van der Waals surface area contributed by atoms with Crippen LogP contribution in [-0.2, 0) is 0 Å². The highest BCUT2D eigenvalue weighted by molar-refractivity contribution is 5.89. The number of rotatable bonds is 1. The quantitative estimate of drug-likeness (QED) is 0.615. The number of fused-ring (bicyclic) bond motifs is 1. The van der Waals surface area contributed by atoms with Crippen LogP contribution in [0.4, 0.5) is 0 Å². The van der Waals surface area contributed by atoms with Crippen LogP contribution in [0.1, 0.15) is 0 Å². The maximum absolute atomic E-state index is 4.36. The molecular formula is C13H9N3. The van der Waals surface area contributed by atoms with Crippen LogP contribution in [-0.4, -0.2) is 15.0 Å². The summed E-state index contributed by atoms with van der Waals surface area (Å²) < 4.78 is 0. The summed E-state index contributed by atoms with van der Waals surface area (Å²) in [5, 5.41) is 0. The summed E-state index contributed by atoms with van der Waals surface area (Å²) in [6.07, 6.45) is 5.34. The lowest BCUT2D eigenvalue weighted by atomic mass is 10.1. The number of nitrogens with zero attached hydrogens (tertiary/aromatic N) is 3. The van der Waals surface area contributed by atoms with E-state index in [0.717, 1.165) is 22.3 Å². The predicted molar refractivity (Wildman–Crippen MR) is 62.8 cm³/mol. The Morgan fingerprint density at radius 3 is 2.50 bits per heavy atom. The van der Waals surface area contributed by atoms with Gasteiger partial charge in [-0.05, 0) is 30.3 Å². The normalized spacial score (nSPS) is 10.5. The number of aromatic nitrogens is 3. The molecule has 16 heavy (non-hydrogen) atoms. The molecule has 0 N–H and O–H groups in total. The van der Waals surface area contributed by atoms with Crippen molar-refractivity contribution in [3.8, 4) is 11.3 Å². The van der Waals surface area contributed by atoms with Gasteiger partial charge in [0, 0.05) is 24.2 Å². The van der Waals surface area contributed by atoms with Crippen molar-refractivity contribution in [2.45, 2.75) is 0 Å². The molecule has 0 aliphatic rings. The van der Waals surface area contributed by atoms with Gasteiger partial charge in [0.15, 0.2) is 0 Å². The Morgan fingerprint density at radius 1 is 0.688 bits per heavy atom. The van der Waals surface area contributed by atoms with E-state index >= 15 is 0 Å². The molecule has 0 aliphatic carbocycles. The van der Waals surface area contributed by atoms with E-state index in [1.54, 1.807) is 18.6 Å². The lowest BCUT2D eigenvalue weighted by Crippen LogP contribution is -1.88. The van der Waals surface area contributed by atoms with E-state index in [9.17, 15) is 0 Å². The standard InChI is InChI=1S/C13H9N3/c1-2-7-14-11(4-1)10-6-9-15-12-5-3-8-16-13(10)12/h1-9H. The smallest absolute Gasteiger partial charge is 0.0980 e. The van der Waals surface area contributed by atoms with Gasteiger partial charge in [-0.1, -0.05) is 6.07 Å². The fraction of sp³-hybridized carbons (Fsp3) is 0. The van der Waals surface area contributed by atoms with Crippen LogP contribution in [0.5, 0.6) is 0 Å². The number of hydrogen-bond donors (Lipinski definition) is 0. The fourth-order valence-corrected chi connectivity index (χ4v) is 1.71. The van der Waals surface area contributed by atoms with E-state index < -0.39 is 0 Å². The van der Waals surface area contributed by atoms with Gasteiger partial charge >= 0.3 is 0 Å². The van der Waals surface area contributed by atoms with Gasteiger partial charge in [-0.25, -0.2) is 0 Å². The molecule has 0 radical (unpaired) electrons. The van der Waals surface area contributed by atoms with Gasteiger partial charge in [0.25, 0.3) is 0 Å². The van der Waals surface area contributed by atoms with Crippen LogP contribution in [0.15, 0.2) is 55.0 Å². The molecule has 3 aromatic heterocycles. The van der Waals surface area contributed by atoms with Gasteiger partial charge in [-0.3, -0.25) is 15.0 Å². The van der Waals surface area contributed by atoms with E-state index in [2.05, 4.69) is 15.0 Å². The van der Waals surface area contributed by atoms with Gasteiger partial charge in [0.1, 0.15) is 0 Å². The molecule has 0 fully saturated rings. The molecule has 3 heterocycles. The minimum Gasteiger partial charge on any atom is -0.256 e. The molecule has 3 heteroatoms. The first-order chi connectivity index (χ1) is 7.95. The predicted octanol–water partition coefficient (Wildman–Crippen LogP) is 2.69. The summed E-state index contributed by atoms with van der Waals surface area (Å²) in [7, 11) is 0. The highest BCUT2D eigenvalue weighted by atomic mass is 14.8. The molecule has 3 aromatic rings. The fourth-order valence-electron chi connectivity index (χ4n) is 1.71. The molecule has 0 amide bonds. The third kappa shape index (κ3) is 1.42. The largest absolute Gasteiger partial charge is 0.256 e. The van der Waals surface area contributed by atoms with Crippen LogP contribution in [0.3, 0.4) is 0 Å². The SMILES string of the molecule is c1ccc(-c2ccnc3cccnc23)nc1. The Labute approximate surface area is 92.8 Å². The third-order valence-electron chi connectivity index (χ3n) is 2.44. The van der Waals surface area contributed by atoms with E-state index in [1.807, 2.05) is 36.4 Å². The molecule has 3 rings (SSSR count). The topological polar surface area (TPSA) is 38.7 Å². The second-order valence-corrected chi connectivity index (χ2v) is 3.44. The molecule has 0 bridgehead atoms. The van der Waals surface area contributed by atoms with Crippen molar-refractivity contribution in [3.05, 3.63) is 55.0 Å². The number of hydrogen-bond acceptors (Lipinski definition) is 3. The molecule has 0 saturated carbocycles. The summed E-state index contributed by atoms with van der Waals surface area (Å²) in [5.74, 6) is 0. The van der Waals surface area contributed by atoms with Crippen LogP contribution >= 0.6 is 0 Å². The lowest BCUT2D eigenvalue weighted by Gasteiger charge is -2.03. The monoisotopic (exact) mass is 207 g/mol. The highest BCUT2D eigenvalue weighted by Gasteiger charge is 2.05. The summed E-state index contributed by atoms with van der Waals surface area (Å²) in [4.78, 5) is 13.0. The van der Waals surface area contributed by atoms with Crippen molar-refractivity contribution in [2.24, 2.45) is 0 Å². The third-order valence-corrected chi connectivity index (χ3v) is 2.44. The van der Waals surface area contributed by atoms with Crippen LogP contribution in [0, 0.1) is 0 Å². The van der Waals surface area contributed by atoms with Crippen LogP contribution < -0.4 is 0 Å². The Kier molecular flexibility index (Phi) is 2.07. The van der Waals surface area contributed by atoms with Gasteiger partial charge in [-0.2, -0.15) is 0 Å². The molecule has 0 spiro atoms. The first-order valence-electron chi connectivity index (χ1n) is 5.06.